The lowest BCUT2D eigenvalue weighted by atomic mass is 9.96. The van der Waals surface area contributed by atoms with Crippen molar-refractivity contribution in [3.8, 4) is 0 Å². The summed E-state index contributed by atoms with van der Waals surface area (Å²) < 4.78 is 34.5. The van der Waals surface area contributed by atoms with Crippen LogP contribution in [0.25, 0.3) is 0 Å². The summed E-state index contributed by atoms with van der Waals surface area (Å²) in [6.07, 6.45) is 40.5. The molecule has 0 bridgehead atoms. The predicted molar refractivity (Wildman–Crippen MR) is 379 cm³/mol. The van der Waals surface area contributed by atoms with Crippen LogP contribution in [0.3, 0.4) is 0 Å². The van der Waals surface area contributed by atoms with Gasteiger partial charge in [-0.15, -0.1) is 0 Å². The molecule has 12 N–H and O–H groups in total. The smallest absolute Gasteiger partial charge is 0.220 e. The van der Waals surface area contributed by atoms with Gasteiger partial charge in [0.15, 0.2) is 18.9 Å². The molecule has 0 aromatic heterocycles. The standard InChI is InChI=1S/C77H149NO18/c1-3-5-7-9-11-13-15-17-19-21-23-25-27-29-31-33-35-37-39-41-43-45-47-49-51-53-55-65(83)78-60(61(82)54-52-50-48-46-44-42-40-38-36-34-32-30-28-26-24-22-20-18-16-14-12-10-8-6-4-2)59-91-75-71(89)68(86)73(63(57-80)93-75)96-77-72(90)69(87)74(64(58-81)94-77)95-76-70(88)67(85)66(84)62(56-79)92-76/h60-64,66-77,79-82,84-90H,3-59H2,1-2H3,(H,78,83). The number of amides is 1. The lowest BCUT2D eigenvalue weighted by Gasteiger charge is -2.48. The van der Waals surface area contributed by atoms with E-state index in [1.165, 1.54) is 276 Å². The number of hydrogen-bond acceptors (Lipinski definition) is 18. The molecule has 19 heteroatoms. The normalized spacial score (nSPS) is 26.9. The first kappa shape index (κ1) is 89.0. The van der Waals surface area contributed by atoms with Crippen molar-refractivity contribution in [2.45, 2.75) is 458 Å². The summed E-state index contributed by atoms with van der Waals surface area (Å²) in [5.41, 5.74) is 0. The van der Waals surface area contributed by atoms with Gasteiger partial charge in [0.25, 0.3) is 0 Å². The second-order valence-corrected chi connectivity index (χ2v) is 29.2. The van der Waals surface area contributed by atoms with E-state index < -0.39 is 124 Å². The summed E-state index contributed by atoms with van der Waals surface area (Å²) in [5, 5.41) is 121. The zero-order valence-electron chi connectivity index (χ0n) is 60.9. The second kappa shape index (κ2) is 59.2. The highest BCUT2D eigenvalue weighted by atomic mass is 16.8. The van der Waals surface area contributed by atoms with Crippen LogP contribution < -0.4 is 5.32 Å². The molecule has 0 aliphatic carbocycles. The summed E-state index contributed by atoms with van der Waals surface area (Å²) >= 11 is 0. The summed E-state index contributed by atoms with van der Waals surface area (Å²) in [5.74, 6) is -0.233. The van der Waals surface area contributed by atoms with Crippen molar-refractivity contribution in [2.75, 3.05) is 26.4 Å². The number of hydrogen-bond donors (Lipinski definition) is 12. The highest BCUT2D eigenvalue weighted by Crippen LogP contribution is 2.33. The first-order chi connectivity index (χ1) is 46.8. The van der Waals surface area contributed by atoms with E-state index in [1.54, 1.807) is 0 Å². The number of rotatable bonds is 65. The highest BCUT2D eigenvalue weighted by Gasteiger charge is 2.54. The van der Waals surface area contributed by atoms with Gasteiger partial charge >= 0.3 is 0 Å². The molecule has 0 radical (unpaired) electrons. The quantitative estimate of drug-likeness (QED) is 0.0252. The third kappa shape index (κ3) is 39.4. The number of aliphatic hydroxyl groups excluding tert-OH is 11. The van der Waals surface area contributed by atoms with Gasteiger partial charge in [-0.3, -0.25) is 4.79 Å². The highest BCUT2D eigenvalue weighted by molar-refractivity contribution is 5.76. The van der Waals surface area contributed by atoms with Crippen molar-refractivity contribution < 1.29 is 89.4 Å². The van der Waals surface area contributed by atoms with E-state index in [0.29, 0.717) is 12.8 Å². The molecule has 0 aromatic rings. The van der Waals surface area contributed by atoms with E-state index in [4.69, 9.17) is 28.4 Å². The number of nitrogens with one attached hydrogen (secondary N) is 1. The monoisotopic (exact) mass is 1380 g/mol. The minimum atomic E-state index is -1.97. The summed E-state index contributed by atoms with van der Waals surface area (Å²) in [7, 11) is 0. The Bertz CT molecular complexity index is 1740. The molecule has 0 saturated carbocycles. The largest absolute Gasteiger partial charge is 0.394 e. The summed E-state index contributed by atoms with van der Waals surface area (Å²) in [4.78, 5) is 13.5. The Kier molecular flexibility index (Phi) is 54.9. The van der Waals surface area contributed by atoms with Crippen LogP contribution in [0.4, 0.5) is 0 Å². The Morgan fingerprint density at radius 3 is 0.906 bits per heavy atom. The van der Waals surface area contributed by atoms with Gasteiger partial charge in [-0.05, 0) is 12.8 Å². The fourth-order valence-corrected chi connectivity index (χ4v) is 14.2. The molecule has 3 aliphatic heterocycles. The van der Waals surface area contributed by atoms with Crippen molar-refractivity contribution >= 4 is 5.91 Å². The van der Waals surface area contributed by atoms with E-state index in [-0.39, 0.29) is 18.9 Å². The molecule has 1 amide bonds. The maximum Gasteiger partial charge on any atom is 0.220 e. The lowest BCUT2D eigenvalue weighted by molar-refractivity contribution is -0.379. The number of carbonyl (C=O) groups excluding carboxylic acids is 1. The van der Waals surface area contributed by atoms with Gasteiger partial charge in [0.1, 0.15) is 73.2 Å². The zero-order chi connectivity index (χ0) is 69.6. The molecule has 19 nitrogen and oxygen atoms in total. The second-order valence-electron chi connectivity index (χ2n) is 29.2. The Morgan fingerprint density at radius 2 is 0.594 bits per heavy atom. The van der Waals surface area contributed by atoms with Crippen LogP contribution in [0.1, 0.15) is 354 Å². The van der Waals surface area contributed by atoms with Crippen molar-refractivity contribution in [2.24, 2.45) is 0 Å². The van der Waals surface area contributed by atoms with Crippen LogP contribution in [-0.2, 0) is 33.2 Å². The van der Waals surface area contributed by atoms with Gasteiger partial charge in [-0.1, -0.05) is 335 Å². The van der Waals surface area contributed by atoms with Crippen LogP contribution in [0.15, 0.2) is 0 Å². The Balaban J connectivity index is 1.37. The van der Waals surface area contributed by atoms with Gasteiger partial charge in [-0.25, -0.2) is 0 Å². The maximum absolute atomic E-state index is 13.5. The molecular formula is C77H149NO18. The average Bonchev–Trinajstić information content (AvgIpc) is 0.798. The van der Waals surface area contributed by atoms with Crippen LogP contribution >= 0.6 is 0 Å². The molecule has 17 atom stereocenters. The van der Waals surface area contributed by atoms with Crippen molar-refractivity contribution in [1.29, 1.82) is 0 Å². The molecule has 0 aromatic carbocycles. The lowest BCUT2D eigenvalue weighted by Crippen LogP contribution is -2.66. The van der Waals surface area contributed by atoms with Gasteiger partial charge in [0, 0.05) is 6.42 Å². The number of aliphatic hydroxyl groups is 11. The predicted octanol–water partition coefficient (Wildman–Crippen LogP) is 13.0. The summed E-state index contributed by atoms with van der Waals surface area (Å²) in [6, 6.07) is -0.883. The SMILES string of the molecule is CCCCCCCCCCCCCCCCCCCCCCCCCCCCC(=O)NC(COC1OC(CO)C(OC2OC(CO)C(OC3OC(CO)C(O)C(O)C3O)C(O)C2O)C(O)C1O)C(O)CCCCCCCCCCCCCCCCCCCCCCCCCCC. The number of ether oxygens (including phenoxy) is 6. The maximum atomic E-state index is 13.5. The van der Waals surface area contributed by atoms with Crippen LogP contribution in [0, 0.1) is 0 Å². The van der Waals surface area contributed by atoms with E-state index in [0.717, 1.165) is 44.9 Å². The molecule has 3 fully saturated rings. The summed E-state index contributed by atoms with van der Waals surface area (Å²) in [6.45, 7) is 1.88. The third-order valence-electron chi connectivity index (χ3n) is 20.7. The molecule has 3 aliphatic rings. The van der Waals surface area contributed by atoms with E-state index in [1.807, 2.05) is 0 Å². The van der Waals surface area contributed by atoms with Gasteiger partial charge in [0.05, 0.1) is 38.6 Å². The van der Waals surface area contributed by atoms with Crippen molar-refractivity contribution in [3.05, 3.63) is 0 Å². The fourth-order valence-electron chi connectivity index (χ4n) is 14.2. The third-order valence-corrected chi connectivity index (χ3v) is 20.7. The Hall–Kier alpha value is -1.21. The molecule has 570 valence electrons. The minimum Gasteiger partial charge on any atom is -0.394 e. The van der Waals surface area contributed by atoms with Gasteiger partial charge in [-0.2, -0.15) is 0 Å². The van der Waals surface area contributed by atoms with Crippen LogP contribution in [0.2, 0.25) is 0 Å². The van der Waals surface area contributed by atoms with E-state index in [2.05, 4.69) is 19.2 Å². The number of carbonyl (C=O) groups is 1. The molecule has 3 heterocycles. The first-order valence-electron chi connectivity index (χ1n) is 40.3. The minimum absolute atomic E-state index is 0.233. The van der Waals surface area contributed by atoms with Crippen molar-refractivity contribution in [3.63, 3.8) is 0 Å². The first-order valence-corrected chi connectivity index (χ1v) is 40.3. The van der Waals surface area contributed by atoms with Gasteiger partial charge < -0.3 is 89.9 Å². The molecule has 3 saturated heterocycles. The molecule has 3 rings (SSSR count). The fraction of sp³-hybridized carbons (Fsp3) is 0.987. The van der Waals surface area contributed by atoms with E-state index >= 15 is 0 Å². The molecule has 0 spiro atoms. The Labute approximate surface area is 583 Å². The van der Waals surface area contributed by atoms with Crippen LogP contribution in [-0.4, -0.2) is 193 Å². The zero-order valence-corrected chi connectivity index (χ0v) is 60.9. The topological polar surface area (TPSA) is 307 Å². The molecule has 17 unspecified atom stereocenters. The van der Waals surface area contributed by atoms with E-state index in [9.17, 15) is 61.0 Å². The molecule has 96 heavy (non-hydrogen) atoms. The van der Waals surface area contributed by atoms with Crippen molar-refractivity contribution in [1.82, 2.24) is 5.32 Å². The van der Waals surface area contributed by atoms with Gasteiger partial charge in [0.2, 0.25) is 5.91 Å². The molecular weight excluding hydrogens is 1230 g/mol. The number of unbranched alkanes of at least 4 members (excludes halogenated alkanes) is 49. The average molecular weight is 1380 g/mol. The van der Waals surface area contributed by atoms with Crippen LogP contribution in [0.5, 0.6) is 0 Å². The Morgan fingerprint density at radius 1 is 0.333 bits per heavy atom.